The first-order valence-corrected chi connectivity index (χ1v) is 7.84. The zero-order chi connectivity index (χ0) is 14.6. The number of rotatable bonds is 2. The molecule has 0 unspecified atom stereocenters. The molecule has 0 radical (unpaired) electrons. The molecule has 21 heavy (non-hydrogen) atoms. The summed E-state index contributed by atoms with van der Waals surface area (Å²) >= 11 is 1.70. The minimum Gasteiger partial charge on any atom is -0.496 e. The lowest BCUT2D eigenvalue weighted by atomic mass is 9.98. The lowest BCUT2D eigenvalue weighted by molar-refractivity contribution is 0.104. The highest BCUT2D eigenvalue weighted by molar-refractivity contribution is 7.23. The Morgan fingerprint density at radius 2 is 1.90 bits per heavy atom. The van der Waals surface area contributed by atoms with Crippen molar-refractivity contribution in [3.63, 3.8) is 0 Å². The third kappa shape index (κ3) is 1.55. The average molecular weight is 294 g/mol. The summed E-state index contributed by atoms with van der Waals surface area (Å²) in [5, 5.41) is 1.07. The number of hydrogen-bond donors (Lipinski definition) is 0. The van der Waals surface area contributed by atoms with Crippen molar-refractivity contribution in [1.82, 2.24) is 0 Å². The highest BCUT2D eigenvalue weighted by Crippen LogP contribution is 2.48. The zero-order valence-corrected chi connectivity index (χ0v) is 12.7. The second kappa shape index (κ2) is 4.43. The first-order chi connectivity index (χ1) is 10.3. The number of thiophene rings is 1. The summed E-state index contributed by atoms with van der Waals surface area (Å²) in [5.41, 5.74) is 3.79. The van der Waals surface area contributed by atoms with E-state index < -0.39 is 0 Å². The van der Waals surface area contributed by atoms with E-state index in [2.05, 4.69) is 13.0 Å². The molecule has 0 saturated heterocycles. The van der Waals surface area contributed by atoms with E-state index in [-0.39, 0.29) is 5.78 Å². The molecular formula is C18H14O2S. The van der Waals surface area contributed by atoms with E-state index in [9.17, 15) is 4.79 Å². The van der Waals surface area contributed by atoms with Crippen LogP contribution in [0.25, 0.3) is 20.5 Å². The molecule has 0 bridgehead atoms. The lowest BCUT2D eigenvalue weighted by Crippen LogP contribution is -2.02. The van der Waals surface area contributed by atoms with Gasteiger partial charge in [0, 0.05) is 37.2 Å². The van der Waals surface area contributed by atoms with Gasteiger partial charge in [-0.2, -0.15) is 0 Å². The van der Waals surface area contributed by atoms with Gasteiger partial charge in [0.15, 0.2) is 5.78 Å². The van der Waals surface area contributed by atoms with Crippen molar-refractivity contribution in [2.45, 2.75) is 13.3 Å². The molecule has 1 aliphatic carbocycles. The minimum atomic E-state index is 0.146. The van der Waals surface area contributed by atoms with Crippen molar-refractivity contribution < 1.29 is 9.53 Å². The summed E-state index contributed by atoms with van der Waals surface area (Å²) in [7, 11) is 1.66. The van der Waals surface area contributed by atoms with E-state index in [1.165, 1.54) is 4.70 Å². The van der Waals surface area contributed by atoms with Gasteiger partial charge in [-0.05, 0) is 24.6 Å². The predicted molar refractivity (Wildman–Crippen MR) is 86.6 cm³/mol. The summed E-state index contributed by atoms with van der Waals surface area (Å²) in [6, 6.07) is 12.1. The zero-order valence-electron chi connectivity index (χ0n) is 11.9. The van der Waals surface area contributed by atoms with Gasteiger partial charge in [-0.15, -0.1) is 11.3 Å². The van der Waals surface area contributed by atoms with Crippen LogP contribution in [0.5, 0.6) is 5.75 Å². The number of fused-ring (bicyclic) bond motifs is 5. The summed E-state index contributed by atoms with van der Waals surface area (Å²) in [6.45, 7) is 2.07. The molecule has 0 N–H and O–H groups in total. The molecular weight excluding hydrogens is 280 g/mol. The fourth-order valence-corrected chi connectivity index (χ4v) is 4.44. The quantitative estimate of drug-likeness (QED) is 0.536. The third-order valence-electron chi connectivity index (χ3n) is 4.14. The van der Waals surface area contributed by atoms with Crippen LogP contribution in [0.15, 0.2) is 36.4 Å². The fraction of sp³-hybridized carbons (Fsp3) is 0.167. The van der Waals surface area contributed by atoms with Crippen LogP contribution in [0.2, 0.25) is 0 Å². The first-order valence-electron chi connectivity index (χ1n) is 7.02. The van der Waals surface area contributed by atoms with Gasteiger partial charge >= 0.3 is 0 Å². The molecule has 0 spiro atoms. The summed E-state index contributed by atoms with van der Waals surface area (Å²) in [6.07, 6.45) is 0.797. The second-order valence-electron chi connectivity index (χ2n) is 5.15. The highest BCUT2D eigenvalue weighted by Gasteiger charge is 2.33. The maximum absolute atomic E-state index is 13.0. The Bertz CT molecular complexity index is 890. The molecule has 1 aromatic heterocycles. The van der Waals surface area contributed by atoms with Crippen molar-refractivity contribution in [2.75, 3.05) is 7.11 Å². The molecule has 0 atom stereocenters. The molecule has 2 aromatic carbocycles. The molecule has 1 heterocycles. The van der Waals surface area contributed by atoms with Crippen LogP contribution in [-0.4, -0.2) is 12.9 Å². The van der Waals surface area contributed by atoms with Crippen molar-refractivity contribution in [3.05, 3.63) is 53.1 Å². The van der Waals surface area contributed by atoms with Gasteiger partial charge < -0.3 is 4.74 Å². The Morgan fingerprint density at radius 3 is 2.67 bits per heavy atom. The smallest absolute Gasteiger partial charge is 0.196 e. The van der Waals surface area contributed by atoms with E-state index in [1.54, 1.807) is 18.4 Å². The number of benzene rings is 2. The molecule has 3 heteroatoms. The number of hydrogen-bond acceptors (Lipinski definition) is 3. The van der Waals surface area contributed by atoms with Crippen LogP contribution < -0.4 is 4.74 Å². The number of methoxy groups -OCH3 is 1. The Hall–Kier alpha value is -2.13. The van der Waals surface area contributed by atoms with Crippen molar-refractivity contribution in [2.24, 2.45) is 0 Å². The van der Waals surface area contributed by atoms with Gasteiger partial charge in [0.2, 0.25) is 0 Å². The van der Waals surface area contributed by atoms with Crippen LogP contribution in [0, 0.1) is 0 Å². The van der Waals surface area contributed by atoms with Crippen molar-refractivity contribution >= 4 is 27.2 Å². The largest absolute Gasteiger partial charge is 0.496 e. The molecule has 1 aliphatic rings. The van der Waals surface area contributed by atoms with Crippen LogP contribution in [0.3, 0.4) is 0 Å². The minimum absolute atomic E-state index is 0.146. The highest BCUT2D eigenvalue weighted by atomic mass is 32.1. The van der Waals surface area contributed by atoms with Gasteiger partial charge in [0.25, 0.3) is 0 Å². The van der Waals surface area contributed by atoms with E-state index in [0.29, 0.717) is 0 Å². The van der Waals surface area contributed by atoms with E-state index in [0.717, 1.165) is 44.7 Å². The third-order valence-corrected chi connectivity index (χ3v) is 5.34. The van der Waals surface area contributed by atoms with Crippen molar-refractivity contribution in [3.8, 4) is 16.2 Å². The monoisotopic (exact) mass is 294 g/mol. The van der Waals surface area contributed by atoms with Gasteiger partial charge in [-0.1, -0.05) is 25.1 Å². The lowest BCUT2D eigenvalue weighted by Gasteiger charge is -2.11. The van der Waals surface area contributed by atoms with E-state index >= 15 is 0 Å². The molecule has 3 aromatic rings. The first kappa shape index (κ1) is 12.6. The standard InChI is InChI=1S/C18H14O2S/c1-3-10-13(20-2)9-8-12-15(10)17(19)16-11-6-4-5-7-14(11)21-18(12)16/h4-9H,3H2,1-2H3. The number of ketones is 1. The molecule has 2 nitrogen and oxygen atoms in total. The maximum atomic E-state index is 13.0. The number of ether oxygens (including phenoxy) is 1. The van der Waals surface area contributed by atoms with E-state index in [4.69, 9.17) is 4.74 Å². The normalized spacial score (nSPS) is 12.6. The molecule has 0 saturated carbocycles. The molecule has 0 fully saturated rings. The summed E-state index contributed by atoms with van der Waals surface area (Å²) in [4.78, 5) is 14.1. The van der Waals surface area contributed by atoms with Gasteiger partial charge in [-0.3, -0.25) is 4.79 Å². The molecule has 0 amide bonds. The topological polar surface area (TPSA) is 26.3 Å². The molecule has 104 valence electrons. The van der Waals surface area contributed by atoms with Gasteiger partial charge in [0.05, 0.1) is 7.11 Å². The van der Waals surface area contributed by atoms with Crippen molar-refractivity contribution in [1.29, 1.82) is 0 Å². The summed E-state index contributed by atoms with van der Waals surface area (Å²) in [5.74, 6) is 0.956. The Balaban J connectivity index is 2.08. The second-order valence-corrected chi connectivity index (χ2v) is 6.21. The number of carbonyl (C=O) groups is 1. The van der Waals surface area contributed by atoms with Crippen LogP contribution in [0.1, 0.15) is 28.4 Å². The predicted octanol–water partition coefficient (Wildman–Crippen LogP) is 4.68. The SMILES string of the molecule is CCc1c(OC)ccc2c1C(=O)c1c-2sc2ccccc12. The summed E-state index contributed by atoms with van der Waals surface area (Å²) < 4.78 is 6.60. The van der Waals surface area contributed by atoms with Crippen LogP contribution >= 0.6 is 11.3 Å². The van der Waals surface area contributed by atoms with E-state index in [1.807, 2.05) is 30.3 Å². The van der Waals surface area contributed by atoms with Crippen LogP contribution in [-0.2, 0) is 6.42 Å². The fourth-order valence-electron chi connectivity index (χ4n) is 3.21. The maximum Gasteiger partial charge on any atom is 0.196 e. The Kier molecular flexibility index (Phi) is 2.66. The molecule has 4 rings (SSSR count). The average Bonchev–Trinajstić information content (AvgIpc) is 3.03. The molecule has 0 aliphatic heterocycles. The number of carbonyl (C=O) groups excluding carboxylic acids is 1. The Labute approximate surface area is 127 Å². The van der Waals surface area contributed by atoms with Gasteiger partial charge in [-0.25, -0.2) is 0 Å². The Morgan fingerprint density at radius 1 is 1.10 bits per heavy atom. The van der Waals surface area contributed by atoms with Gasteiger partial charge in [0.1, 0.15) is 5.75 Å². The van der Waals surface area contributed by atoms with Crippen LogP contribution in [0.4, 0.5) is 0 Å².